The maximum Gasteiger partial charge on any atom is 0.490 e. The Balaban J connectivity index is 0.000000203. The van der Waals surface area contributed by atoms with Crippen LogP contribution in [-0.4, -0.2) is 32.2 Å². The van der Waals surface area contributed by atoms with Crippen LogP contribution in [0.5, 0.6) is 0 Å². The van der Waals surface area contributed by atoms with E-state index in [-0.39, 0.29) is 5.56 Å². The summed E-state index contributed by atoms with van der Waals surface area (Å²) in [7, 11) is 0. The minimum Gasteiger partial charge on any atom is -0.475 e. The molecule has 0 atom stereocenters. The highest BCUT2D eigenvalue weighted by atomic mass is 19.4. The summed E-state index contributed by atoms with van der Waals surface area (Å²) in [4.78, 5) is 29.9. The molecule has 0 bridgehead atoms. The second kappa shape index (κ2) is 5.25. The molecule has 2 aromatic rings. The van der Waals surface area contributed by atoms with Gasteiger partial charge in [0.15, 0.2) is 0 Å². The van der Waals surface area contributed by atoms with E-state index in [9.17, 15) is 18.0 Å². The van der Waals surface area contributed by atoms with Crippen LogP contribution in [0.2, 0.25) is 0 Å². The number of aromatic amines is 1. The van der Waals surface area contributed by atoms with Gasteiger partial charge in [0.1, 0.15) is 12.0 Å². The molecule has 0 radical (unpaired) electrons. The lowest BCUT2D eigenvalue weighted by molar-refractivity contribution is -0.192. The number of halogens is 3. The number of aromatic nitrogens is 3. The quantitative estimate of drug-likeness (QED) is 0.736. The molecule has 0 aliphatic rings. The van der Waals surface area contributed by atoms with Gasteiger partial charge in [-0.2, -0.15) is 13.2 Å². The predicted octanol–water partition coefficient (Wildman–Crippen LogP) is 0.951. The van der Waals surface area contributed by atoms with E-state index in [1.165, 1.54) is 12.4 Å². The highest BCUT2D eigenvalue weighted by molar-refractivity contribution is 5.73. The Bertz CT molecular complexity index is 609. The summed E-state index contributed by atoms with van der Waals surface area (Å²) in [6.07, 6.45) is -2.03. The average molecular weight is 261 g/mol. The van der Waals surface area contributed by atoms with Crippen LogP contribution in [0, 0.1) is 0 Å². The number of hydrogen-bond acceptors (Lipinski definition) is 4. The van der Waals surface area contributed by atoms with Gasteiger partial charge in [-0.15, -0.1) is 0 Å². The topological polar surface area (TPSA) is 95.9 Å². The van der Waals surface area contributed by atoms with Crippen LogP contribution in [0.25, 0.3) is 11.0 Å². The molecule has 2 heterocycles. The van der Waals surface area contributed by atoms with Gasteiger partial charge in [0.05, 0.1) is 0 Å². The normalized spacial score (nSPS) is 10.6. The molecule has 0 saturated carbocycles. The summed E-state index contributed by atoms with van der Waals surface area (Å²) in [5.41, 5.74) is 0.434. The first kappa shape index (κ1) is 13.6. The van der Waals surface area contributed by atoms with Crippen molar-refractivity contribution < 1.29 is 23.1 Å². The van der Waals surface area contributed by atoms with Crippen molar-refractivity contribution in [2.75, 3.05) is 0 Å². The van der Waals surface area contributed by atoms with Crippen molar-refractivity contribution in [3.8, 4) is 0 Å². The van der Waals surface area contributed by atoms with Gasteiger partial charge in [-0.1, -0.05) is 0 Å². The molecule has 2 rings (SSSR count). The number of nitrogens with one attached hydrogen (secondary N) is 1. The lowest BCUT2D eigenvalue weighted by Gasteiger charge is -1.93. The number of aliphatic carboxylic acids is 1. The van der Waals surface area contributed by atoms with Crippen LogP contribution < -0.4 is 5.56 Å². The van der Waals surface area contributed by atoms with E-state index in [0.717, 1.165) is 5.39 Å². The summed E-state index contributed by atoms with van der Waals surface area (Å²) in [6.45, 7) is 0. The standard InChI is InChI=1S/C7H5N3O.C2HF3O2/c11-6-2-1-5-3-8-4-9-7(5)10-6;3-2(4,5)1(6)7/h1-4H,(H,8,9,10,11);(H,6,7). The third-order valence-corrected chi connectivity index (χ3v) is 1.64. The van der Waals surface area contributed by atoms with Gasteiger partial charge in [-0.05, 0) is 6.07 Å². The molecule has 0 spiro atoms. The van der Waals surface area contributed by atoms with E-state index in [2.05, 4.69) is 15.0 Å². The van der Waals surface area contributed by atoms with E-state index in [1.54, 1.807) is 12.3 Å². The van der Waals surface area contributed by atoms with Crippen molar-refractivity contribution in [3.05, 3.63) is 35.0 Å². The van der Waals surface area contributed by atoms with Crippen molar-refractivity contribution >= 4 is 17.0 Å². The molecule has 96 valence electrons. The zero-order chi connectivity index (χ0) is 13.8. The van der Waals surface area contributed by atoms with Gasteiger partial charge in [0, 0.05) is 17.6 Å². The minimum atomic E-state index is -5.08. The fraction of sp³-hybridized carbons (Fsp3) is 0.111. The van der Waals surface area contributed by atoms with Crippen molar-refractivity contribution in [1.29, 1.82) is 0 Å². The second-order valence-corrected chi connectivity index (χ2v) is 2.95. The molecule has 2 N–H and O–H groups in total. The van der Waals surface area contributed by atoms with Crippen LogP contribution in [-0.2, 0) is 4.79 Å². The minimum absolute atomic E-state index is 0.142. The SMILES string of the molecule is O=C(O)C(F)(F)F.O=c1ccc2cncnc2[nH]1. The fourth-order valence-electron chi connectivity index (χ4n) is 0.891. The molecule has 0 amide bonds. The molecule has 0 fully saturated rings. The van der Waals surface area contributed by atoms with Crippen molar-refractivity contribution in [2.24, 2.45) is 0 Å². The van der Waals surface area contributed by atoms with Gasteiger partial charge in [-0.25, -0.2) is 14.8 Å². The number of fused-ring (bicyclic) bond motifs is 1. The molecule has 0 saturated heterocycles. The smallest absolute Gasteiger partial charge is 0.475 e. The van der Waals surface area contributed by atoms with Crippen molar-refractivity contribution in [3.63, 3.8) is 0 Å². The monoisotopic (exact) mass is 261 g/mol. The third kappa shape index (κ3) is 3.85. The second-order valence-electron chi connectivity index (χ2n) is 2.95. The summed E-state index contributed by atoms with van der Waals surface area (Å²) in [5.74, 6) is -2.76. The Kier molecular flexibility index (Phi) is 3.97. The van der Waals surface area contributed by atoms with Crippen LogP contribution >= 0.6 is 0 Å². The third-order valence-electron chi connectivity index (χ3n) is 1.64. The van der Waals surface area contributed by atoms with Crippen molar-refractivity contribution in [2.45, 2.75) is 6.18 Å². The molecular weight excluding hydrogens is 255 g/mol. The maximum atomic E-state index is 10.8. The van der Waals surface area contributed by atoms with E-state index < -0.39 is 12.1 Å². The summed E-state index contributed by atoms with van der Waals surface area (Å²) < 4.78 is 31.7. The highest BCUT2D eigenvalue weighted by Crippen LogP contribution is 2.13. The van der Waals surface area contributed by atoms with E-state index in [0.29, 0.717) is 5.65 Å². The first-order chi connectivity index (χ1) is 8.30. The Morgan fingerprint density at radius 1 is 1.33 bits per heavy atom. The highest BCUT2D eigenvalue weighted by Gasteiger charge is 2.38. The number of alkyl halides is 3. The molecule has 9 heteroatoms. The Hall–Kier alpha value is -2.45. The molecule has 0 aromatic carbocycles. The van der Waals surface area contributed by atoms with Gasteiger partial charge >= 0.3 is 12.1 Å². The van der Waals surface area contributed by atoms with Gasteiger partial charge in [0.2, 0.25) is 5.56 Å². The predicted molar refractivity (Wildman–Crippen MR) is 53.8 cm³/mol. The molecule has 0 unspecified atom stereocenters. The summed E-state index contributed by atoms with van der Waals surface area (Å²) in [6, 6.07) is 3.14. The molecule has 2 aromatic heterocycles. The van der Waals surface area contributed by atoms with Crippen molar-refractivity contribution in [1.82, 2.24) is 15.0 Å². The zero-order valence-corrected chi connectivity index (χ0v) is 8.60. The average Bonchev–Trinajstić information content (AvgIpc) is 2.28. The Labute approximate surface area is 97.1 Å². The van der Waals surface area contributed by atoms with Gasteiger partial charge in [-0.3, -0.25) is 4.79 Å². The number of nitrogens with zero attached hydrogens (tertiary/aromatic N) is 2. The van der Waals surface area contributed by atoms with Crippen LogP contribution in [0.4, 0.5) is 13.2 Å². The van der Waals surface area contributed by atoms with Gasteiger partial charge < -0.3 is 10.1 Å². The Morgan fingerprint density at radius 3 is 2.50 bits per heavy atom. The van der Waals surface area contributed by atoms with Crippen LogP contribution in [0.15, 0.2) is 29.5 Å². The van der Waals surface area contributed by atoms with E-state index in [1.807, 2.05) is 0 Å². The fourth-order valence-corrected chi connectivity index (χ4v) is 0.891. The summed E-state index contributed by atoms with van der Waals surface area (Å²) >= 11 is 0. The molecule has 18 heavy (non-hydrogen) atoms. The first-order valence-electron chi connectivity index (χ1n) is 4.40. The first-order valence-corrected chi connectivity index (χ1v) is 4.40. The Morgan fingerprint density at radius 2 is 1.94 bits per heavy atom. The van der Waals surface area contributed by atoms with E-state index >= 15 is 0 Å². The molecular formula is C9H6F3N3O3. The maximum absolute atomic E-state index is 10.8. The van der Waals surface area contributed by atoms with Crippen LogP contribution in [0.3, 0.4) is 0 Å². The zero-order valence-electron chi connectivity index (χ0n) is 8.60. The number of rotatable bonds is 0. The number of hydrogen-bond donors (Lipinski definition) is 2. The largest absolute Gasteiger partial charge is 0.490 e. The van der Waals surface area contributed by atoms with Crippen LogP contribution in [0.1, 0.15) is 0 Å². The lowest BCUT2D eigenvalue weighted by atomic mass is 10.3. The number of carboxylic acid groups (broad SMARTS) is 1. The van der Waals surface area contributed by atoms with Gasteiger partial charge in [0.25, 0.3) is 0 Å². The number of pyridine rings is 1. The van der Waals surface area contributed by atoms with E-state index in [4.69, 9.17) is 9.90 Å². The summed E-state index contributed by atoms with van der Waals surface area (Å²) in [5, 5.41) is 7.96. The number of carboxylic acids is 1. The molecule has 6 nitrogen and oxygen atoms in total. The number of carbonyl (C=O) groups is 1. The number of H-pyrrole nitrogens is 1. The molecule has 0 aliphatic heterocycles. The lowest BCUT2D eigenvalue weighted by Crippen LogP contribution is -2.21. The molecule has 0 aliphatic carbocycles.